The van der Waals surface area contributed by atoms with Crippen LogP contribution >= 0.6 is 0 Å². The van der Waals surface area contributed by atoms with Crippen LogP contribution < -0.4 is 9.47 Å². The summed E-state index contributed by atoms with van der Waals surface area (Å²) in [5, 5.41) is 9.60. The van der Waals surface area contributed by atoms with Crippen molar-refractivity contribution in [3.05, 3.63) is 59.2 Å². The van der Waals surface area contributed by atoms with Gasteiger partial charge in [0, 0.05) is 0 Å². The Kier molecular flexibility index (Phi) is 6.63. The highest BCUT2D eigenvalue weighted by molar-refractivity contribution is 6.20. The van der Waals surface area contributed by atoms with Crippen LogP contribution in [-0.4, -0.2) is 24.8 Å². The van der Waals surface area contributed by atoms with E-state index in [0.29, 0.717) is 23.7 Å². The van der Waals surface area contributed by atoms with Gasteiger partial charge < -0.3 is 14.6 Å². The fraction of sp³-hybridized carbons (Fsp3) is 0.286. The molecule has 2 aromatic rings. The lowest BCUT2D eigenvalue weighted by molar-refractivity contribution is -0.130. The largest absolute Gasteiger partial charge is 0.493 e. The molecular weight excluding hydrogens is 316 g/mol. The Labute approximate surface area is 148 Å². The molecule has 2 rings (SSSR count). The minimum atomic E-state index is -0.962. The third-order valence-electron chi connectivity index (χ3n) is 3.86. The maximum atomic E-state index is 11.7. The van der Waals surface area contributed by atoms with Crippen LogP contribution in [0.2, 0.25) is 0 Å². The number of carboxylic acid groups (broad SMARTS) is 1. The van der Waals surface area contributed by atoms with E-state index >= 15 is 0 Å². The number of carbonyl (C=O) groups is 1. The molecular formula is C21H24O4. The van der Waals surface area contributed by atoms with Crippen molar-refractivity contribution in [1.29, 1.82) is 0 Å². The molecule has 0 heterocycles. The zero-order chi connectivity index (χ0) is 18.2. The van der Waals surface area contributed by atoms with Gasteiger partial charge in [-0.2, -0.15) is 0 Å². The molecule has 0 fully saturated rings. The van der Waals surface area contributed by atoms with Crippen LogP contribution in [0.15, 0.2) is 42.5 Å². The molecule has 0 unspecified atom stereocenters. The second kappa shape index (κ2) is 8.92. The lowest BCUT2D eigenvalue weighted by Gasteiger charge is -2.11. The average molecular weight is 340 g/mol. The van der Waals surface area contributed by atoms with Crippen molar-refractivity contribution < 1.29 is 19.4 Å². The van der Waals surface area contributed by atoms with Gasteiger partial charge in [-0.3, -0.25) is 0 Å². The fourth-order valence-corrected chi connectivity index (χ4v) is 2.46. The monoisotopic (exact) mass is 340 g/mol. The highest BCUT2D eigenvalue weighted by Crippen LogP contribution is 2.30. The van der Waals surface area contributed by atoms with Crippen molar-refractivity contribution in [2.45, 2.75) is 26.7 Å². The minimum Gasteiger partial charge on any atom is -0.493 e. The second-order valence-corrected chi connectivity index (χ2v) is 5.67. The molecule has 4 heteroatoms. The van der Waals surface area contributed by atoms with Gasteiger partial charge in [-0.05, 0) is 47.7 Å². The molecule has 25 heavy (non-hydrogen) atoms. The first kappa shape index (κ1) is 18.6. The number of aliphatic carboxylic acids is 1. The van der Waals surface area contributed by atoms with E-state index in [1.807, 2.05) is 37.3 Å². The standard InChI is InChI=1S/C21H24O4/c1-4-12-25-20-14-16(8-11-19(20)24-3)13-18(21(22)23)17-9-6-15(5-2)7-10-17/h6-11,13-14H,4-5,12H2,1-3H3,(H,22,23)/b18-13-. The van der Waals surface area contributed by atoms with Gasteiger partial charge in [-0.25, -0.2) is 4.79 Å². The number of hydrogen-bond acceptors (Lipinski definition) is 3. The number of ether oxygens (including phenoxy) is 2. The number of methoxy groups -OCH3 is 1. The quantitative estimate of drug-likeness (QED) is 0.560. The van der Waals surface area contributed by atoms with Crippen LogP contribution in [0.25, 0.3) is 11.6 Å². The summed E-state index contributed by atoms with van der Waals surface area (Å²) in [6.45, 7) is 4.67. The Hall–Kier alpha value is -2.75. The van der Waals surface area contributed by atoms with Crippen LogP contribution in [0.4, 0.5) is 0 Å². The Morgan fingerprint density at radius 2 is 1.80 bits per heavy atom. The van der Waals surface area contributed by atoms with Crippen molar-refractivity contribution >= 4 is 17.6 Å². The van der Waals surface area contributed by atoms with Gasteiger partial charge in [0.2, 0.25) is 0 Å². The van der Waals surface area contributed by atoms with E-state index in [1.165, 1.54) is 5.56 Å². The molecule has 0 aliphatic rings. The predicted molar refractivity (Wildman–Crippen MR) is 100 cm³/mol. The second-order valence-electron chi connectivity index (χ2n) is 5.67. The van der Waals surface area contributed by atoms with Gasteiger partial charge in [-0.15, -0.1) is 0 Å². The van der Waals surface area contributed by atoms with Gasteiger partial charge in [0.1, 0.15) is 0 Å². The van der Waals surface area contributed by atoms with E-state index in [0.717, 1.165) is 18.4 Å². The van der Waals surface area contributed by atoms with E-state index in [1.54, 1.807) is 25.3 Å². The highest BCUT2D eigenvalue weighted by Gasteiger charge is 2.12. The summed E-state index contributed by atoms with van der Waals surface area (Å²) >= 11 is 0. The normalized spacial score (nSPS) is 11.2. The molecule has 0 radical (unpaired) electrons. The molecule has 0 aliphatic heterocycles. The molecule has 1 N–H and O–H groups in total. The zero-order valence-electron chi connectivity index (χ0n) is 14.9. The van der Waals surface area contributed by atoms with Crippen molar-refractivity contribution in [2.24, 2.45) is 0 Å². The fourth-order valence-electron chi connectivity index (χ4n) is 2.46. The molecule has 0 aromatic heterocycles. The number of hydrogen-bond donors (Lipinski definition) is 1. The molecule has 0 saturated heterocycles. The van der Waals surface area contributed by atoms with E-state index in [2.05, 4.69) is 6.92 Å². The first-order chi connectivity index (χ1) is 12.1. The summed E-state index contributed by atoms with van der Waals surface area (Å²) in [6, 6.07) is 13.0. The molecule has 132 valence electrons. The van der Waals surface area contributed by atoms with Crippen LogP contribution in [0.5, 0.6) is 11.5 Å². The summed E-state index contributed by atoms with van der Waals surface area (Å²) in [7, 11) is 1.58. The van der Waals surface area contributed by atoms with Gasteiger partial charge in [0.25, 0.3) is 0 Å². The summed E-state index contributed by atoms with van der Waals surface area (Å²) < 4.78 is 11.0. The molecule has 0 saturated carbocycles. The first-order valence-corrected chi connectivity index (χ1v) is 8.44. The van der Waals surface area contributed by atoms with Gasteiger partial charge in [0.05, 0.1) is 19.3 Å². The topological polar surface area (TPSA) is 55.8 Å². The van der Waals surface area contributed by atoms with Crippen molar-refractivity contribution in [3.63, 3.8) is 0 Å². The Bertz CT molecular complexity index is 745. The SMILES string of the molecule is CCCOc1cc(/C=C(\C(=O)O)c2ccc(CC)cc2)ccc1OC. The molecule has 0 bridgehead atoms. The van der Waals surface area contributed by atoms with E-state index in [4.69, 9.17) is 9.47 Å². The van der Waals surface area contributed by atoms with Crippen LogP contribution in [-0.2, 0) is 11.2 Å². The summed E-state index contributed by atoms with van der Waals surface area (Å²) in [5.74, 6) is 0.287. The molecule has 4 nitrogen and oxygen atoms in total. The van der Waals surface area contributed by atoms with E-state index in [-0.39, 0.29) is 5.57 Å². The molecule has 0 spiro atoms. The lowest BCUT2D eigenvalue weighted by Crippen LogP contribution is -2.01. The maximum absolute atomic E-state index is 11.7. The minimum absolute atomic E-state index is 0.245. The van der Waals surface area contributed by atoms with E-state index in [9.17, 15) is 9.90 Å². The Morgan fingerprint density at radius 1 is 1.08 bits per heavy atom. The van der Waals surface area contributed by atoms with Gasteiger partial charge in [0.15, 0.2) is 11.5 Å². The maximum Gasteiger partial charge on any atom is 0.336 e. The predicted octanol–water partition coefficient (Wildman–Crippen LogP) is 4.67. The Morgan fingerprint density at radius 3 is 2.36 bits per heavy atom. The molecule has 0 atom stereocenters. The number of benzene rings is 2. The lowest BCUT2D eigenvalue weighted by atomic mass is 10.0. The van der Waals surface area contributed by atoms with Gasteiger partial charge >= 0.3 is 5.97 Å². The highest BCUT2D eigenvalue weighted by atomic mass is 16.5. The molecule has 0 aliphatic carbocycles. The van der Waals surface area contributed by atoms with Crippen molar-refractivity contribution in [2.75, 3.05) is 13.7 Å². The number of rotatable bonds is 8. The van der Waals surface area contributed by atoms with Crippen LogP contribution in [0.1, 0.15) is 37.0 Å². The average Bonchev–Trinajstić information content (AvgIpc) is 2.64. The molecule has 0 amide bonds. The summed E-state index contributed by atoms with van der Waals surface area (Å²) in [4.78, 5) is 11.7. The number of aryl methyl sites for hydroxylation is 1. The van der Waals surface area contributed by atoms with Crippen molar-refractivity contribution in [3.8, 4) is 11.5 Å². The number of carboxylic acids is 1. The zero-order valence-corrected chi connectivity index (χ0v) is 14.9. The Balaban J connectivity index is 2.40. The van der Waals surface area contributed by atoms with E-state index < -0.39 is 5.97 Å². The third-order valence-corrected chi connectivity index (χ3v) is 3.86. The summed E-state index contributed by atoms with van der Waals surface area (Å²) in [5.41, 5.74) is 2.85. The van der Waals surface area contributed by atoms with Crippen molar-refractivity contribution in [1.82, 2.24) is 0 Å². The smallest absolute Gasteiger partial charge is 0.336 e. The third kappa shape index (κ3) is 4.86. The van der Waals surface area contributed by atoms with Crippen LogP contribution in [0, 0.1) is 0 Å². The first-order valence-electron chi connectivity index (χ1n) is 8.44. The summed E-state index contributed by atoms with van der Waals surface area (Å²) in [6.07, 6.45) is 3.46. The van der Waals surface area contributed by atoms with Crippen LogP contribution in [0.3, 0.4) is 0 Å². The van der Waals surface area contributed by atoms with Gasteiger partial charge in [-0.1, -0.05) is 44.2 Å². The molecule has 2 aromatic carbocycles.